The maximum absolute atomic E-state index is 15.3. The molecule has 0 saturated heterocycles. The Balaban J connectivity index is 1.22. The van der Waals surface area contributed by atoms with E-state index in [-0.39, 0.29) is 91.3 Å². The van der Waals surface area contributed by atoms with E-state index < -0.39 is 47.2 Å². The number of esters is 2. The van der Waals surface area contributed by atoms with Gasteiger partial charge in [0.1, 0.15) is 29.0 Å². The fourth-order valence-electron chi connectivity index (χ4n) is 12.4. The van der Waals surface area contributed by atoms with E-state index in [0.29, 0.717) is 60.2 Å². The van der Waals surface area contributed by atoms with E-state index in [1.54, 1.807) is 26.2 Å². The maximum atomic E-state index is 15.3. The van der Waals surface area contributed by atoms with Crippen LogP contribution in [-0.4, -0.2) is 86.9 Å². The molecule has 3 fully saturated rings. The molecule has 6 N–H and O–H groups in total. The number of aliphatic hydroxyl groups is 4. The Hall–Kier alpha value is -5.03. The number of hydrogen-bond acceptors (Lipinski definition) is 12. The van der Waals surface area contributed by atoms with E-state index >= 15 is 4.79 Å². The quantitative estimate of drug-likeness (QED) is 0.0835. The van der Waals surface area contributed by atoms with Crippen molar-refractivity contribution >= 4 is 23.4 Å². The van der Waals surface area contributed by atoms with Gasteiger partial charge in [-0.3, -0.25) is 9.59 Å². The number of methoxy groups -OCH3 is 1. The highest BCUT2D eigenvalue weighted by Gasteiger charge is 2.62. The van der Waals surface area contributed by atoms with E-state index in [9.17, 15) is 35.1 Å². The molecule has 66 heavy (non-hydrogen) atoms. The Labute approximate surface area is 386 Å². The topological polar surface area (TPSA) is 192 Å². The maximum Gasteiger partial charge on any atom is 0.334 e. The van der Waals surface area contributed by atoms with Crippen LogP contribution in [0.2, 0.25) is 0 Å². The van der Waals surface area contributed by atoms with Crippen LogP contribution in [0.3, 0.4) is 0 Å². The zero-order valence-electron chi connectivity index (χ0n) is 38.0. The molecule has 3 aliphatic carbocycles. The Morgan fingerprint density at radius 1 is 0.924 bits per heavy atom. The van der Waals surface area contributed by atoms with Gasteiger partial charge in [0.05, 0.1) is 30.7 Å². The van der Waals surface area contributed by atoms with E-state index in [4.69, 9.17) is 14.2 Å². The van der Waals surface area contributed by atoms with Crippen LogP contribution in [0.1, 0.15) is 116 Å². The number of hydrogen-bond donors (Lipinski definition) is 6. The van der Waals surface area contributed by atoms with E-state index in [2.05, 4.69) is 17.2 Å². The molecule has 11 atom stereocenters. The van der Waals surface area contributed by atoms with E-state index in [1.807, 2.05) is 36.4 Å². The first-order valence-corrected chi connectivity index (χ1v) is 23.9. The number of ketones is 1. The summed E-state index contributed by atoms with van der Waals surface area (Å²) in [7, 11) is 1.57. The zero-order valence-corrected chi connectivity index (χ0v) is 38.0. The van der Waals surface area contributed by atoms with Crippen LogP contribution in [0.25, 0.3) is 0 Å². The summed E-state index contributed by atoms with van der Waals surface area (Å²) in [5.41, 5.74) is 2.04. The number of nitrogens with one attached hydrogen (secondary N) is 1. The molecular weight excluding hydrogens is 839 g/mol. The molecule has 0 spiro atoms. The molecule has 12 heteroatoms. The van der Waals surface area contributed by atoms with Gasteiger partial charge in [-0.05, 0) is 115 Å². The van der Waals surface area contributed by atoms with Gasteiger partial charge in [0.2, 0.25) is 0 Å². The first-order chi connectivity index (χ1) is 31.7. The summed E-state index contributed by atoms with van der Waals surface area (Å²) in [6, 6.07) is 16.6. The molecule has 3 saturated carbocycles. The van der Waals surface area contributed by atoms with Crippen molar-refractivity contribution in [1.82, 2.24) is 0 Å². The lowest BCUT2D eigenvalue weighted by atomic mass is 9.48. The number of rotatable bonds is 8. The summed E-state index contributed by atoms with van der Waals surface area (Å²) in [5, 5.41) is 62.5. The van der Waals surface area contributed by atoms with Crippen molar-refractivity contribution in [2.24, 2.45) is 29.6 Å². The van der Waals surface area contributed by atoms with Crippen LogP contribution < -0.4 is 10.1 Å². The number of carbonyl (C=O) groups is 3. The Morgan fingerprint density at radius 2 is 1.71 bits per heavy atom. The van der Waals surface area contributed by atoms with Crippen LogP contribution in [-0.2, 0) is 49.7 Å². The van der Waals surface area contributed by atoms with Crippen molar-refractivity contribution < 1.29 is 54.1 Å². The molecule has 12 nitrogen and oxygen atoms in total. The summed E-state index contributed by atoms with van der Waals surface area (Å²) < 4.78 is 17.7. The molecular formula is C54H63NO11. The monoisotopic (exact) mass is 901 g/mol. The molecule has 0 aromatic heterocycles. The molecule has 9 rings (SSSR count). The molecule has 0 radical (unpaired) electrons. The van der Waals surface area contributed by atoms with Crippen molar-refractivity contribution in [2.45, 2.75) is 132 Å². The predicted molar refractivity (Wildman–Crippen MR) is 245 cm³/mol. The molecule has 10 bridgehead atoms. The fourth-order valence-corrected chi connectivity index (χ4v) is 12.4. The van der Waals surface area contributed by atoms with Gasteiger partial charge in [-0.15, -0.1) is 0 Å². The summed E-state index contributed by atoms with van der Waals surface area (Å²) >= 11 is 0. The Morgan fingerprint density at radius 3 is 2.52 bits per heavy atom. The Kier molecular flexibility index (Phi) is 13.2. The van der Waals surface area contributed by atoms with Crippen molar-refractivity contribution in [2.75, 3.05) is 25.6 Å². The number of ether oxygens (including phenoxy) is 3. The van der Waals surface area contributed by atoms with Crippen molar-refractivity contribution in [3.63, 3.8) is 0 Å². The summed E-state index contributed by atoms with van der Waals surface area (Å²) in [5.74, 6) is 3.23. The van der Waals surface area contributed by atoms with Crippen molar-refractivity contribution in [3.8, 4) is 23.3 Å². The lowest BCUT2D eigenvalue weighted by Crippen LogP contribution is -2.65. The summed E-state index contributed by atoms with van der Waals surface area (Å²) in [6.07, 6.45) is 5.14. The Bertz CT molecular complexity index is 2450. The summed E-state index contributed by atoms with van der Waals surface area (Å²) in [6.45, 7) is 1.93. The highest BCUT2D eigenvalue weighted by molar-refractivity contribution is 5.89. The number of phenols is 1. The molecule has 3 heterocycles. The van der Waals surface area contributed by atoms with Gasteiger partial charge in [-0.2, -0.15) is 0 Å². The number of fused-ring (bicyclic) bond motifs is 9. The SMILES string of the molecule is COCC[C@@](C)(O)CNc1cc(CO)cc([C@H]2C#C[C@@H]3CC(=O)Oc4cc(O)c(cc43)C[C@H]3OC(=O)/C(=C\[C@H](O)Cc4cccc(c4)C[C@@H]4C(=O)CC[C@@H]5[C@@H]4C[C@@H]4CCCC[C@H]4[C@]53O)C2)c1. The highest BCUT2D eigenvalue weighted by atomic mass is 16.6. The third kappa shape index (κ3) is 9.43. The normalized spacial score (nSPS) is 32.4. The van der Waals surface area contributed by atoms with Gasteiger partial charge < -0.3 is 45.1 Å². The van der Waals surface area contributed by atoms with Crippen LogP contribution in [0.5, 0.6) is 11.5 Å². The third-order valence-corrected chi connectivity index (χ3v) is 15.7. The van der Waals surface area contributed by atoms with Crippen LogP contribution >= 0.6 is 0 Å². The van der Waals surface area contributed by atoms with E-state index in [1.165, 1.54) is 12.1 Å². The minimum Gasteiger partial charge on any atom is -0.508 e. The van der Waals surface area contributed by atoms with Gasteiger partial charge in [-0.1, -0.05) is 61.4 Å². The van der Waals surface area contributed by atoms with Gasteiger partial charge in [0.15, 0.2) is 0 Å². The lowest BCUT2D eigenvalue weighted by Gasteiger charge is -2.59. The van der Waals surface area contributed by atoms with Gasteiger partial charge in [0, 0.05) is 80.7 Å². The average molecular weight is 902 g/mol. The van der Waals surface area contributed by atoms with Gasteiger partial charge in [0.25, 0.3) is 0 Å². The largest absolute Gasteiger partial charge is 0.508 e. The molecule has 6 aliphatic rings. The lowest BCUT2D eigenvalue weighted by molar-refractivity contribution is -0.228. The minimum absolute atomic E-state index is 0.0461. The first kappa shape index (κ1) is 46.1. The standard InChI is InChI=1S/C54H63NO11/c1-53(62,14-15-64-2)30-55-40-18-33(29-56)17-37(22-40)34-10-11-35-27-51(60)65-49-28-48(59)38(25-42(35)49)26-50-54(63)45-9-4-3-8-36(45)24-43-44(47(58)13-12-46(43)54)20-32-7-5-6-31(16-32)19-41(57)23-39(21-34)52(61)66-50/h5-7,16-18,22-23,25,28,34-36,41,43-46,50,55-57,59,62-63H,3-4,8-9,12-15,19-21,24,26-27,29-30H2,1-2H3/b39-23-/t34-,35+,36-,41+,43+,44-,45+,46+,50+,53+,54-/m0/s1. The third-order valence-electron chi connectivity index (χ3n) is 15.7. The molecule has 3 aliphatic heterocycles. The number of Topliss-reactive ketones (excluding diaryl/α,β-unsaturated/α-hetero) is 1. The molecule has 3 aromatic rings. The summed E-state index contributed by atoms with van der Waals surface area (Å²) in [4.78, 5) is 42.6. The second kappa shape index (κ2) is 18.9. The first-order valence-electron chi connectivity index (χ1n) is 23.9. The second-order valence-electron chi connectivity index (χ2n) is 20.3. The number of benzene rings is 3. The molecule has 0 unspecified atom stereocenters. The van der Waals surface area contributed by atoms with E-state index in [0.717, 1.165) is 43.2 Å². The van der Waals surface area contributed by atoms with Crippen LogP contribution in [0, 0.1) is 41.4 Å². The number of phenolic OH excluding ortho intramolecular Hbond substituents is 1. The van der Waals surface area contributed by atoms with Crippen LogP contribution in [0.15, 0.2) is 66.2 Å². The van der Waals surface area contributed by atoms with Crippen molar-refractivity contribution in [3.05, 3.63) is 99.6 Å². The second-order valence-corrected chi connectivity index (χ2v) is 20.3. The number of anilines is 1. The predicted octanol–water partition coefficient (Wildman–Crippen LogP) is 6.36. The smallest absolute Gasteiger partial charge is 0.334 e. The minimum atomic E-state index is -1.58. The number of aliphatic hydroxyl groups excluding tert-OH is 2. The average Bonchev–Trinajstić information content (AvgIpc) is 3.30. The molecule has 0 amide bonds. The van der Waals surface area contributed by atoms with Crippen molar-refractivity contribution in [1.29, 1.82) is 0 Å². The number of carbonyl (C=O) groups excluding carboxylic acids is 3. The molecule has 350 valence electrons. The number of aromatic hydroxyl groups is 1. The van der Waals surface area contributed by atoms with Gasteiger partial charge >= 0.3 is 11.9 Å². The highest BCUT2D eigenvalue weighted by Crippen LogP contribution is 2.59. The van der Waals surface area contributed by atoms with Gasteiger partial charge in [-0.25, -0.2) is 4.79 Å². The fraction of sp³-hybridized carbons (Fsp3) is 0.537. The van der Waals surface area contributed by atoms with Crippen LogP contribution in [0.4, 0.5) is 5.69 Å². The molecule has 3 aromatic carbocycles. The zero-order chi connectivity index (χ0) is 46.3.